The highest BCUT2D eigenvalue weighted by Gasteiger charge is 2.33. The van der Waals surface area contributed by atoms with Crippen LogP contribution in [0.25, 0.3) is 0 Å². The Kier molecular flexibility index (Phi) is 12.6. The van der Waals surface area contributed by atoms with E-state index in [4.69, 9.17) is 9.73 Å². The zero-order valence-corrected chi connectivity index (χ0v) is 22.9. The fourth-order valence-corrected chi connectivity index (χ4v) is 4.08. The molecule has 0 spiro atoms. The number of ether oxygens (including phenoxy) is 1. The Morgan fingerprint density at radius 2 is 1.88 bits per heavy atom. The molecule has 7 heteroatoms. The second kappa shape index (κ2) is 14.0. The summed E-state index contributed by atoms with van der Waals surface area (Å²) in [5.74, 6) is 0.774. The van der Waals surface area contributed by atoms with Crippen molar-refractivity contribution in [2.75, 3.05) is 26.3 Å². The average Bonchev–Trinajstić information content (AvgIpc) is 3.18. The lowest BCUT2D eigenvalue weighted by Crippen LogP contribution is -2.43. The van der Waals surface area contributed by atoms with Gasteiger partial charge < -0.3 is 20.7 Å². The van der Waals surface area contributed by atoms with E-state index < -0.39 is 0 Å². The summed E-state index contributed by atoms with van der Waals surface area (Å²) >= 11 is 0. The molecule has 2 rings (SSSR count). The van der Waals surface area contributed by atoms with Crippen LogP contribution in [-0.4, -0.2) is 43.7 Å². The molecule has 3 N–H and O–H groups in total. The monoisotopic (exact) mass is 558 g/mol. The second-order valence-electron chi connectivity index (χ2n) is 9.61. The van der Waals surface area contributed by atoms with E-state index in [-0.39, 0.29) is 35.4 Å². The molecule has 32 heavy (non-hydrogen) atoms. The summed E-state index contributed by atoms with van der Waals surface area (Å²) in [5.41, 5.74) is 1.73. The third-order valence-electron chi connectivity index (χ3n) is 5.72. The lowest BCUT2D eigenvalue weighted by molar-refractivity contribution is 0.0919. The van der Waals surface area contributed by atoms with Crippen LogP contribution in [0.3, 0.4) is 0 Å². The van der Waals surface area contributed by atoms with Gasteiger partial charge in [0.1, 0.15) is 0 Å². The molecular weight excluding hydrogens is 515 g/mol. The number of nitrogens with zero attached hydrogens (tertiary/aromatic N) is 1. The first-order chi connectivity index (χ1) is 14.8. The average molecular weight is 559 g/mol. The van der Waals surface area contributed by atoms with Crippen LogP contribution in [0.4, 0.5) is 0 Å². The third-order valence-corrected chi connectivity index (χ3v) is 5.72. The highest BCUT2D eigenvalue weighted by atomic mass is 127. The van der Waals surface area contributed by atoms with Crippen molar-refractivity contribution in [2.45, 2.75) is 78.8 Å². The fraction of sp³-hybridized carbons (Fsp3) is 0.680. The van der Waals surface area contributed by atoms with Crippen molar-refractivity contribution in [1.82, 2.24) is 16.0 Å². The van der Waals surface area contributed by atoms with Crippen LogP contribution in [0.2, 0.25) is 0 Å². The lowest BCUT2D eigenvalue weighted by Gasteiger charge is -2.30. The van der Waals surface area contributed by atoms with Gasteiger partial charge in [-0.15, -0.1) is 24.0 Å². The molecular formula is C25H43IN4O2. The van der Waals surface area contributed by atoms with Gasteiger partial charge in [-0.05, 0) is 77.0 Å². The number of amides is 1. The number of halogens is 1. The van der Waals surface area contributed by atoms with E-state index >= 15 is 0 Å². The summed E-state index contributed by atoms with van der Waals surface area (Å²) in [5, 5.41) is 9.95. The van der Waals surface area contributed by atoms with Crippen molar-refractivity contribution in [3.05, 3.63) is 35.4 Å². The van der Waals surface area contributed by atoms with E-state index in [9.17, 15) is 4.79 Å². The van der Waals surface area contributed by atoms with Gasteiger partial charge in [-0.3, -0.25) is 4.79 Å². The summed E-state index contributed by atoms with van der Waals surface area (Å²) in [6.07, 6.45) is 6.18. The molecule has 0 atom stereocenters. The summed E-state index contributed by atoms with van der Waals surface area (Å²) in [6, 6.07) is 7.71. The van der Waals surface area contributed by atoms with Crippen molar-refractivity contribution in [1.29, 1.82) is 0 Å². The Morgan fingerprint density at radius 3 is 2.50 bits per heavy atom. The van der Waals surface area contributed by atoms with Crippen molar-refractivity contribution >= 4 is 35.8 Å². The quantitative estimate of drug-likeness (QED) is 0.166. The predicted octanol–water partition coefficient (Wildman–Crippen LogP) is 4.88. The first kappa shape index (κ1) is 28.7. The first-order valence-electron chi connectivity index (χ1n) is 11.8. The number of carbonyl (C=O) groups is 1. The molecule has 1 aliphatic carbocycles. The molecule has 1 fully saturated rings. The van der Waals surface area contributed by atoms with E-state index in [0.717, 1.165) is 44.2 Å². The zero-order chi connectivity index (χ0) is 22.7. The topological polar surface area (TPSA) is 74.8 Å². The summed E-state index contributed by atoms with van der Waals surface area (Å²) in [4.78, 5) is 17.2. The molecule has 6 nitrogen and oxygen atoms in total. The van der Waals surface area contributed by atoms with Crippen LogP contribution >= 0.6 is 24.0 Å². The minimum atomic E-state index is -0.258. The number of rotatable bonds is 10. The van der Waals surface area contributed by atoms with Gasteiger partial charge in [-0.2, -0.15) is 0 Å². The van der Waals surface area contributed by atoms with Gasteiger partial charge in [-0.25, -0.2) is 4.99 Å². The smallest absolute Gasteiger partial charge is 0.251 e. The number of carbonyl (C=O) groups excluding carboxylic acids is 1. The predicted molar refractivity (Wildman–Crippen MR) is 144 cm³/mol. The zero-order valence-electron chi connectivity index (χ0n) is 20.6. The van der Waals surface area contributed by atoms with E-state index in [1.54, 1.807) is 0 Å². The Morgan fingerprint density at radius 1 is 1.16 bits per heavy atom. The molecule has 1 saturated carbocycles. The Labute approximate surface area is 211 Å². The van der Waals surface area contributed by atoms with E-state index in [1.807, 2.05) is 45.0 Å². The lowest BCUT2D eigenvalue weighted by atomic mass is 9.83. The molecule has 1 amide bonds. The van der Waals surface area contributed by atoms with Crippen molar-refractivity contribution in [3.8, 4) is 0 Å². The second-order valence-corrected chi connectivity index (χ2v) is 9.61. The number of benzene rings is 1. The normalized spacial score (nSPS) is 15.7. The maximum atomic E-state index is 12.5. The van der Waals surface area contributed by atoms with Crippen molar-refractivity contribution < 1.29 is 9.53 Å². The number of nitrogens with one attached hydrogen (secondary N) is 3. The Balaban J connectivity index is 0.00000512. The molecule has 0 aromatic heterocycles. The Bertz CT molecular complexity index is 725. The molecule has 1 aromatic carbocycles. The van der Waals surface area contributed by atoms with Gasteiger partial charge in [0.05, 0.1) is 6.54 Å². The molecule has 0 saturated heterocycles. The molecule has 1 aliphatic rings. The maximum absolute atomic E-state index is 12.5. The highest BCUT2D eigenvalue weighted by Crippen LogP contribution is 2.40. The first-order valence-corrected chi connectivity index (χ1v) is 11.8. The fourth-order valence-electron chi connectivity index (χ4n) is 4.08. The molecule has 0 radical (unpaired) electrons. The van der Waals surface area contributed by atoms with Gasteiger partial charge in [0.15, 0.2) is 5.96 Å². The van der Waals surface area contributed by atoms with Crippen LogP contribution < -0.4 is 16.0 Å². The maximum Gasteiger partial charge on any atom is 0.251 e. The van der Waals surface area contributed by atoms with Crippen LogP contribution in [0.15, 0.2) is 29.3 Å². The molecule has 1 aromatic rings. The number of hydrogen-bond donors (Lipinski definition) is 3. The Hall–Kier alpha value is -1.35. The summed E-state index contributed by atoms with van der Waals surface area (Å²) in [7, 11) is 0. The molecule has 0 bridgehead atoms. The van der Waals surface area contributed by atoms with Crippen LogP contribution in [0.5, 0.6) is 0 Å². The minimum absolute atomic E-state index is 0. The van der Waals surface area contributed by atoms with E-state index in [1.165, 1.54) is 25.7 Å². The van der Waals surface area contributed by atoms with Crippen LogP contribution in [-0.2, 0) is 11.3 Å². The summed E-state index contributed by atoms with van der Waals surface area (Å²) < 4.78 is 5.63. The highest BCUT2D eigenvalue weighted by molar-refractivity contribution is 14.0. The van der Waals surface area contributed by atoms with Gasteiger partial charge in [0.2, 0.25) is 0 Å². The van der Waals surface area contributed by atoms with Gasteiger partial charge in [0, 0.05) is 37.4 Å². The third kappa shape index (κ3) is 10.1. The number of aliphatic imine (C=N–C) groups is 1. The number of guanidine groups is 1. The largest absolute Gasteiger partial charge is 0.382 e. The van der Waals surface area contributed by atoms with Gasteiger partial charge >= 0.3 is 0 Å². The molecule has 0 unspecified atom stereocenters. The molecule has 0 heterocycles. The van der Waals surface area contributed by atoms with Crippen molar-refractivity contribution in [3.63, 3.8) is 0 Å². The van der Waals surface area contributed by atoms with Crippen LogP contribution in [0.1, 0.15) is 82.6 Å². The molecule has 182 valence electrons. The van der Waals surface area contributed by atoms with E-state index in [0.29, 0.717) is 17.5 Å². The SMILES string of the molecule is CCNC(=NCc1cccc(C(=O)NC(C)(C)C)c1)NCC1(CCOCC)CCCC1.I. The van der Waals surface area contributed by atoms with E-state index in [2.05, 4.69) is 29.8 Å². The van der Waals surface area contributed by atoms with Crippen molar-refractivity contribution in [2.24, 2.45) is 10.4 Å². The summed E-state index contributed by atoms with van der Waals surface area (Å²) in [6.45, 7) is 13.9. The minimum Gasteiger partial charge on any atom is -0.382 e. The van der Waals surface area contributed by atoms with Gasteiger partial charge in [-0.1, -0.05) is 25.0 Å². The number of hydrogen-bond acceptors (Lipinski definition) is 3. The van der Waals surface area contributed by atoms with Gasteiger partial charge in [0.25, 0.3) is 5.91 Å². The van der Waals surface area contributed by atoms with Crippen LogP contribution in [0, 0.1) is 5.41 Å². The standard InChI is InChI=1S/C25H42N4O2.HI/c1-6-26-23(28-19-25(13-8-9-14-25)15-16-31-7-2)27-18-20-11-10-12-21(17-20)22(30)29-24(3,4)5;/h10-12,17H,6-9,13-16,18-19H2,1-5H3,(H,29,30)(H2,26,27,28);1H. The molecule has 0 aliphatic heterocycles.